The van der Waals surface area contributed by atoms with E-state index in [2.05, 4.69) is 20.1 Å². The first-order chi connectivity index (χ1) is 16.0. The highest BCUT2D eigenvalue weighted by Crippen LogP contribution is 2.48. The molecule has 3 rings (SSSR count). The van der Waals surface area contributed by atoms with Crippen LogP contribution in [0.4, 0.5) is 18.0 Å². The van der Waals surface area contributed by atoms with Crippen LogP contribution in [0.15, 0.2) is 71.4 Å². The maximum absolute atomic E-state index is 13.2. The van der Waals surface area contributed by atoms with Crippen LogP contribution in [-0.2, 0) is 16.0 Å². The molecule has 11 heteroatoms. The fourth-order valence-corrected chi connectivity index (χ4v) is 4.23. The predicted octanol–water partition coefficient (Wildman–Crippen LogP) is 5.68. The van der Waals surface area contributed by atoms with Gasteiger partial charge in [-0.15, -0.1) is 13.2 Å². The number of amides is 2. The lowest BCUT2D eigenvalue weighted by molar-refractivity contribution is -0.342. The largest absolute Gasteiger partial charge is 0.524 e. The van der Waals surface area contributed by atoms with Gasteiger partial charge in [0.1, 0.15) is 0 Å². The summed E-state index contributed by atoms with van der Waals surface area (Å²) in [4.78, 5) is 23.8. The van der Waals surface area contributed by atoms with E-state index >= 15 is 0 Å². The maximum Gasteiger partial charge on any atom is 0.524 e. The Bertz CT molecular complexity index is 1120. The molecule has 1 atom stereocenters. The molecular formula is C23H19Cl2F3N2O4. The number of carbonyl (C=O) groups is 2. The van der Waals surface area contributed by atoms with E-state index in [-0.39, 0.29) is 22.8 Å². The monoisotopic (exact) mass is 514 g/mol. The second-order valence-electron chi connectivity index (χ2n) is 7.21. The quantitative estimate of drug-likeness (QED) is 0.384. The number of urea groups is 1. The molecule has 0 bridgehead atoms. The number of benzene rings is 2. The molecule has 2 aromatic rings. The van der Waals surface area contributed by atoms with Crippen molar-refractivity contribution in [1.82, 2.24) is 10.6 Å². The molecular weight excluding hydrogens is 496 g/mol. The number of nitrogens with one attached hydrogen (secondary N) is 2. The van der Waals surface area contributed by atoms with Crippen molar-refractivity contribution in [3.8, 4) is 0 Å². The van der Waals surface area contributed by atoms with Crippen molar-refractivity contribution in [2.24, 2.45) is 0 Å². The van der Waals surface area contributed by atoms with Crippen molar-refractivity contribution in [3.63, 3.8) is 0 Å². The van der Waals surface area contributed by atoms with Crippen LogP contribution < -0.4 is 10.6 Å². The third-order valence-corrected chi connectivity index (χ3v) is 5.47. The smallest absolute Gasteiger partial charge is 0.465 e. The van der Waals surface area contributed by atoms with Crippen LogP contribution in [-0.4, -0.2) is 30.5 Å². The van der Waals surface area contributed by atoms with Crippen molar-refractivity contribution in [2.75, 3.05) is 7.11 Å². The first-order valence-corrected chi connectivity index (χ1v) is 10.6. The van der Waals surface area contributed by atoms with Gasteiger partial charge in [0.25, 0.3) is 0 Å². The maximum atomic E-state index is 13.2. The van der Waals surface area contributed by atoms with E-state index in [1.807, 2.05) is 0 Å². The predicted molar refractivity (Wildman–Crippen MR) is 121 cm³/mol. The van der Waals surface area contributed by atoms with Crippen molar-refractivity contribution < 1.29 is 32.2 Å². The highest BCUT2D eigenvalue weighted by atomic mass is 35.5. The minimum atomic E-state index is -5.06. The van der Waals surface area contributed by atoms with Crippen LogP contribution in [0.25, 0.3) is 5.57 Å². The average Bonchev–Trinajstić information content (AvgIpc) is 2.76. The topological polar surface area (TPSA) is 76.7 Å². The molecule has 1 aliphatic carbocycles. The minimum Gasteiger partial charge on any atom is -0.465 e. The summed E-state index contributed by atoms with van der Waals surface area (Å²) in [5, 5.41) is 2.53. The molecule has 34 heavy (non-hydrogen) atoms. The summed E-state index contributed by atoms with van der Waals surface area (Å²) in [6.45, 7) is 0.0878. The summed E-state index contributed by atoms with van der Waals surface area (Å²) in [5.41, 5.74) is 1.34. The van der Waals surface area contributed by atoms with Gasteiger partial charge in [-0.05, 0) is 29.3 Å². The number of ether oxygens (including phenoxy) is 2. The standard InChI is InChI=1S/C23H19Cl2F3N2O4/c1-33-20(31)16-9-7-14(8-10-16)13-29-21(32)30-17-11-18(24)19(15-5-3-2-4-6-15)22(25,12-17)34-23(26,27)28/h2-11H,12-13H2,1H3,(H2,29,30,32). The molecule has 0 spiro atoms. The number of carbonyl (C=O) groups excluding carboxylic acids is 2. The van der Waals surface area contributed by atoms with Gasteiger partial charge in [-0.25, -0.2) is 9.59 Å². The zero-order chi connectivity index (χ0) is 24.9. The number of hydrogen-bond acceptors (Lipinski definition) is 4. The number of hydrogen-bond donors (Lipinski definition) is 2. The average molecular weight is 515 g/mol. The summed E-state index contributed by atoms with van der Waals surface area (Å²) in [5.74, 6) is -0.494. The zero-order valence-electron chi connectivity index (χ0n) is 17.7. The van der Waals surface area contributed by atoms with E-state index in [9.17, 15) is 22.8 Å². The Morgan fingerprint density at radius 2 is 1.74 bits per heavy atom. The number of rotatable bonds is 6. The molecule has 2 aromatic carbocycles. The van der Waals surface area contributed by atoms with Gasteiger partial charge in [0.05, 0.1) is 17.7 Å². The van der Waals surface area contributed by atoms with Crippen LogP contribution in [0.3, 0.4) is 0 Å². The SMILES string of the molecule is COC(=O)c1ccc(CNC(=O)NC2=CC(Cl)=C(c3ccccc3)C(Cl)(OC(F)(F)F)C2)cc1. The van der Waals surface area contributed by atoms with Gasteiger partial charge in [-0.1, -0.05) is 65.7 Å². The van der Waals surface area contributed by atoms with E-state index in [0.29, 0.717) is 16.7 Å². The van der Waals surface area contributed by atoms with Crippen molar-refractivity contribution in [3.05, 3.63) is 88.1 Å². The molecule has 1 unspecified atom stereocenters. The second-order valence-corrected chi connectivity index (χ2v) is 8.23. The summed E-state index contributed by atoms with van der Waals surface area (Å²) >= 11 is 12.6. The van der Waals surface area contributed by atoms with E-state index in [4.69, 9.17) is 23.2 Å². The molecule has 6 nitrogen and oxygen atoms in total. The summed E-state index contributed by atoms with van der Waals surface area (Å²) in [7, 11) is 1.27. The summed E-state index contributed by atoms with van der Waals surface area (Å²) in [6, 6.07) is 13.7. The molecule has 0 aliphatic heterocycles. The Balaban J connectivity index is 1.74. The lowest BCUT2D eigenvalue weighted by Crippen LogP contribution is -2.41. The highest BCUT2D eigenvalue weighted by Gasteiger charge is 2.48. The molecule has 0 fully saturated rings. The summed E-state index contributed by atoms with van der Waals surface area (Å²) < 4.78 is 48.4. The minimum absolute atomic E-state index is 0.0301. The van der Waals surface area contributed by atoms with Gasteiger partial charge >= 0.3 is 18.4 Å². The van der Waals surface area contributed by atoms with Gasteiger partial charge in [0, 0.05) is 24.2 Å². The Hall–Kier alpha value is -3.01. The zero-order valence-corrected chi connectivity index (χ0v) is 19.2. The fourth-order valence-electron chi connectivity index (χ4n) is 3.35. The number of esters is 1. The van der Waals surface area contributed by atoms with Gasteiger partial charge in [-0.2, -0.15) is 0 Å². The number of alkyl halides is 4. The van der Waals surface area contributed by atoms with Crippen molar-refractivity contribution in [1.29, 1.82) is 0 Å². The van der Waals surface area contributed by atoms with Crippen molar-refractivity contribution >= 4 is 40.8 Å². The highest BCUT2D eigenvalue weighted by molar-refractivity contribution is 6.39. The molecule has 1 aliphatic rings. The van der Waals surface area contributed by atoms with E-state index in [0.717, 1.165) is 0 Å². The first kappa shape index (κ1) is 25.6. The second kappa shape index (κ2) is 10.5. The molecule has 0 aromatic heterocycles. The van der Waals surface area contributed by atoms with Crippen molar-refractivity contribution in [2.45, 2.75) is 24.4 Å². The molecule has 0 heterocycles. The number of allylic oxidation sites excluding steroid dienone is 2. The van der Waals surface area contributed by atoms with E-state index < -0.39 is 29.8 Å². The molecule has 2 amide bonds. The van der Waals surface area contributed by atoms with Gasteiger partial charge in [0.2, 0.25) is 0 Å². The lowest BCUT2D eigenvalue weighted by Gasteiger charge is -2.35. The summed E-state index contributed by atoms with van der Waals surface area (Å²) in [6.07, 6.45) is -4.23. The Morgan fingerprint density at radius 1 is 1.09 bits per heavy atom. The fraction of sp³-hybridized carbons (Fsp3) is 0.217. The Kier molecular flexibility index (Phi) is 7.91. The van der Waals surface area contributed by atoms with Gasteiger partial charge in [0.15, 0.2) is 5.06 Å². The van der Waals surface area contributed by atoms with Gasteiger partial charge < -0.3 is 15.4 Å². The molecule has 0 saturated heterocycles. The lowest BCUT2D eigenvalue weighted by atomic mass is 9.92. The van der Waals surface area contributed by atoms with E-state index in [1.165, 1.54) is 25.3 Å². The normalized spacial score (nSPS) is 18.2. The Morgan fingerprint density at radius 3 is 2.32 bits per heavy atom. The third kappa shape index (κ3) is 6.53. The van der Waals surface area contributed by atoms with Crippen LogP contribution in [0.1, 0.15) is 27.9 Å². The molecule has 0 saturated carbocycles. The third-order valence-electron chi connectivity index (χ3n) is 4.77. The first-order valence-electron chi connectivity index (χ1n) is 9.85. The van der Waals surface area contributed by atoms with Crippen LogP contribution in [0.2, 0.25) is 0 Å². The number of methoxy groups -OCH3 is 1. The van der Waals surface area contributed by atoms with Crippen LogP contribution in [0.5, 0.6) is 0 Å². The number of halogens is 5. The van der Waals surface area contributed by atoms with Crippen LogP contribution >= 0.6 is 23.2 Å². The van der Waals surface area contributed by atoms with E-state index in [1.54, 1.807) is 42.5 Å². The molecule has 2 N–H and O–H groups in total. The van der Waals surface area contributed by atoms with Gasteiger partial charge in [-0.3, -0.25) is 4.74 Å². The molecule has 0 radical (unpaired) electrons. The van der Waals surface area contributed by atoms with Crippen LogP contribution in [0, 0.1) is 0 Å². The Labute approximate surface area is 203 Å². The molecule has 180 valence electrons.